The second-order valence-corrected chi connectivity index (χ2v) is 7.49. The van der Waals surface area contributed by atoms with Gasteiger partial charge in [-0.3, -0.25) is 9.48 Å². The summed E-state index contributed by atoms with van der Waals surface area (Å²) >= 11 is 0. The average Bonchev–Trinajstić information content (AvgIpc) is 3.34. The van der Waals surface area contributed by atoms with E-state index in [1.54, 1.807) is 31.1 Å². The van der Waals surface area contributed by atoms with Crippen molar-refractivity contribution in [2.75, 3.05) is 13.7 Å². The normalized spacial score (nSPS) is 10.9. The molecule has 1 amide bonds. The minimum absolute atomic E-state index is 0.173. The van der Waals surface area contributed by atoms with E-state index >= 15 is 0 Å². The van der Waals surface area contributed by atoms with Crippen molar-refractivity contribution in [2.24, 2.45) is 7.05 Å². The van der Waals surface area contributed by atoms with Gasteiger partial charge in [0.1, 0.15) is 11.4 Å². The Morgan fingerprint density at radius 3 is 2.62 bits per heavy atom. The molecule has 1 N–H and O–H groups in total. The number of pyridine rings is 1. The lowest BCUT2D eigenvalue weighted by molar-refractivity contribution is 0.0944. The molecular formula is C24H26N6O2. The number of ether oxygens (including phenoxy) is 1. The molecule has 0 bridgehead atoms. The number of nitrogens with zero attached hydrogens (tertiary/aromatic N) is 5. The summed E-state index contributed by atoms with van der Waals surface area (Å²) in [4.78, 5) is 17.2. The lowest BCUT2D eigenvalue weighted by Gasteiger charge is -2.07. The van der Waals surface area contributed by atoms with E-state index in [0.717, 1.165) is 28.3 Å². The summed E-state index contributed by atoms with van der Waals surface area (Å²) in [5.74, 6) is 1.32. The van der Waals surface area contributed by atoms with Gasteiger partial charge in [0.05, 0.1) is 18.5 Å². The van der Waals surface area contributed by atoms with Crippen molar-refractivity contribution in [3.8, 4) is 22.8 Å². The summed E-state index contributed by atoms with van der Waals surface area (Å²) in [6.07, 6.45) is 2.42. The van der Waals surface area contributed by atoms with Crippen LogP contribution in [0.1, 0.15) is 27.4 Å². The molecule has 3 heterocycles. The molecule has 164 valence electrons. The molecule has 0 aliphatic heterocycles. The zero-order valence-electron chi connectivity index (χ0n) is 18.7. The van der Waals surface area contributed by atoms with Crippen molar-refractivity contribution < 1.29 is 9.53 Å². The van der Waals surface area contributed by atoms with Crippen LogP contribution < -0.4 is 10.1 Å². The predicted octanol–water partition coefficient (Wildman–Crippen LogP) is 3.27. The first-order chi connectivity index (χ1) is 15.5. The van der Waals surface area contributed by atoms with Crippen molar-refractivity contribution >= 4 is 5.91 Å². The highest BCUT2D eigenvalue weighted by Crippen LogP contribution is 2.28. The maximum Gasteiger partial charge on any atom is 0.269 e. The number of hydrogen-bond acceptors (Lipinski definition) is 5. The molecule has 0 unspecified atom stereocenters. The Morgan fingerprint density at radius 1 is 1.09 bits per heavy atom. The zero-order valence-corrected chi connectivity index (χ0v) is 18.7. The molecule has 0 saturated carbocycles. The Bertz CT molecular complexity index is 1240. The fourth-order valence-electron chi connectivity index (χ4n) is 3.80. The average molecular weight is 431 g/mol. The van der Waals surface area contributed by atoms with Gasteiger partial charge in [0.25, 0.3) is 5.91 Å². The molecule has 0 spiro atoms. The minimum atomic E-state index is -0.173. The number of benzene rings is 1. The second-order valence-electron chi connectivity index (χ2n) is 7.49. The van der Waals surface area contributed by atoms with Crippen LogP contribution in [0, 0.1) is 13.8 Å². The van der Waals surface area contributed by atoms with Crippen LogP contribution in [0.4, 0.5) is 0 Å². The van der Waals surface area contributed by atoms with Crippen LogP contribution in [-0.4, -0.2) is 44.1 Å². The Morgan fingerprint density at radius 2 is 1.88 bits per heavy atom. The minimum Gasteiger partial charge on any atom is -0.496 e. The van der Waals surface area contributed by atoms with Crippen LogP contribution in [-0.2, 0) is 13.5 Å². The molecule has 4 rings (SSSR count). The topological polar surface area (TPSA) is 86.9 Å². The quantitative estimate of drug-likeness (QED) is 0.486. The Balaban J connectivity index is 1.45. The van der Waals surface area contributed by atoms with Gasteiger partial charge in [0.15, 0.2) is 5.82 Å². The third kappa shape index (κ3) is 4.12. The van der Waals surface area contributed by atoms with E-state index in [1.807, 2.05) is 61.0 Å². The highest BCUT2D eigenvalue weighted by atomic mass is 16.5. The number of aryl methyl sites for hydroxylation is 2. The van der Waals surface area contributed by atoms with Crippen molar-refractivity contribution in [2.45, 2.75) is 20.3 Å². The number of para-hydroxylation sites is 1. The molecule has 8 nitrogen and oxygen atoms in total. The first kappa shape index (κ1) is 21.3. The number of aromatic nitrogens is 5. The molecule has 0 saturated heterocycles. The molecule has 0 fully saturated rings. The number of carbonyl (C=O) groups is 1. The largest absolute Gasteiger partial charge is 0.496 e. The standard InChI is InChI=1S/C24H26N6O2/c1-16-18(17(2)30(27-16)23-11-7-8-13-25-23)12-14-26-24(31)21-15-20(28-29(21)3)19-9-5-6-10-22(19)32-4/h5-11,13,15H,12,14H2,1-4H3,(H,26,31). The van der Waals surface area contributed by atoms with Crippen molar-refractivity contribution in [1.82, 2.24) is 29.9 Å². The maximum atomic E-state index is 12.8. The van der Waals surface area contributed by atoms with Crippen LogP contribution in [0.15, 0.2) is 54.7 Å². The number of amides is 1. The molecule has 0 aliphatic rings. The van der Waals surface area contributed by atoms with E-state index in [4.69, 9.17) is 4.74 Å². The van der Waals surface area contributed by atoms with E-state index in [9.17, 15) is 4.79 Å². The van der Waals surface area contributed by atoms with E-state index in [1.165, 1.54) is 0 Å². The fraction of sp³-hybridized carbons (Fsp3) is 0.250. The number of nitrogens with one attached hydrogen (secondary N) is 1. The van der Waals surface area contributed by atoms with Gasteiger partial charge in [-0.15, -0.1) is 0 Å². The number of rotatable bonds is 7. The molecule has 4 aromatic rings. The second kappa shape index (κ2) is 9.05. The van der Waals surface area contributed by atoms with Gasteiger partial charge < -0.3 is 10.1 Å². The van der Waals surface area contributed by atoms with Gasteiger partial charge >= 0.3 is 0 Å². The molecule has 32 heavy (non-hydrogen) atoms. The molecule has 0 aliphatic carbocycles. The summed E-state index contributed by atoms with van der Waals surface area (Å²) in [5.41, 5.74) is 5.09. The van der Waals surface area contributed by atoms with Gasteiger partial charge in [0.2, 0.25) is 0 Å². The van der Waals surface area contributed by atoms with E-state index in [2.05, 4.69) is 20.5 Å². The molecular weight excluding hydrogens is 404 g/mol. The van der Waals surface area contributed by atoms with Gasteiger partial charge in [0, 0.05) is 31.0 Å². The van der Waals surface area contributed by atoms with Crippen LogP contribution in [0.3, 0.4) is 0 Å². The maximum absolute atomic E-state index is 12.8. The molecule has 0 radical (unpaired) electrons. The molecule has 1 aromatic carbocycles. The van der Waals surface area contributed by atoms with E-state index in [0.29, 0.717) is 30.1 Å². The van der Waals surface area contributed by atoms with E-state index in [-0.39, 0.29) is 5.91 Å². The van der Waals surface area contributed by atoms with Crippen molar-refractivity contribution in [3.63, 3.8) is 0 Å². The summed E-state index contributed by atoms with van der Waals surface area (Å²) in [7, 11) is 3.38. The van der Waals surface area contributed by atoms with Crippen LogP contribution in [0.5, 0.6) is 5.75 Å². The first-order valence-electron chi connectivity index (χ1n) is 10.4. The Hall–Kier alpha value is -3.94. The summed E-state index contributed by atoms with van der Waals surface area (Å²) in [5, 5.41) is 12.1. The Labute approximate surface area is 186 Å². The third-order valence-corrected chi connectivity index (χ3v) is 5.46. The molecule has 8 heteroatoms. The summed E-state index contributed by atoms with van der Waals surface area (Å²) in [6.45, 7) is 4.49. The lowest BCUT2D eigenvalue weighted by atomic mass is 10.1. The molecule has 3 aromatic heterocycles. The summed E-state index contributed by atoms with van der Waals surface area (Å²) < 4.78 is 8.85. The number of hydrogen-bond donors (Lipinski definition) is 1. The van der Waals surface area contributed by atoms with Crippen LogP contribution >= 0.6 is 0 Å². The number of carbonyl (C=O) groups excluding carboxylic acids is 1. The van der Waals surface area contributed by atoms with Gasteiger partial charge in [-0.25, -0.2) is 9.67 Å². The van der Waals surface area contributed by atoms with Gasteiger partial charge in [-0.1, -0.05) is 18.2 Å². The van der Waals surface area contributed by atoms with E-state index < -0.39 is 0 Å². The van der Waals surface area contributed by atoms with Gasteiger partial charge in [-0.2, -0.15) is 10.2 Å². The van der Waals surface area contributed by atoms with Crippen molar-refractivity contribution in [1.29, 1.82) is 0 Å². The highest BCUT2D eigenvalue weighted by molar-refractivity contribution is 5.93. The number of methoxy groups -OCH3 is 1. The first-order valence-corrected chi connectivity index (χ1v) is 10.4. The zero-order chi connectivity index (χ0) is 22.7. The predicted molar refractivity (Wildman–Crippen MR) is 122 cm³/mol. The van der Waals surface area contributed by atoms with Crippen LogP contribution in [0.25, 0.3) is 17.1 Å². The monoisotopic (exact) mass is 430 g/mol. The smallest absolute Gasteiger partial charge is 0.269 e. The van der Waals surface area contributed by atoms with Gasteiger partial charge in [-0.05, 0) is 56.2 Å². The molecule has 0 atom stereocenters. The highest BCUT2D eigenvalue weighted by Gasteiger charge is 2.17. The van der Waals surface area contributed by atoms with Crippen molar-refractivity contribution in [3.05, 3.63) is 77.4 Å². The fourth-order valence-corrected chi connectivity index (χ4v) is 3.80. The third-order valence-electron chi connectivity index (χ3n) is 5.46. The summed E-state index contributed by atoms with van der Waals surface area (Å²) in [6, 6.07) is 15.1. The van der Waals surface area contributed by atoms with Crippen LogP contribution in [0.2, 0.25) is 0 Å². The Kier molecular flexibility index (Phi) is 6.02. The SMILES string of the molecule is COc1ccccc1-c1cc(C(=O)NCCc2c(C)nn(-c3ccccn3)c2C)n(C)n1. The lowest BCUT2D eigenvalue weighted by Crippen LogP contribution is -2.27.